The maximum atomic E-state index is 6.03. The first-order valence-electron chi connectivity index (χ1n) is 7.94. The minimum atomic E-state index is -2.51. The third-order valence-electron chi connectivity index (χ3n) is 3.45. The smallest absolute Gasteiger partial charge is 0.371 e. The second kappa shape index (κ2) is 10.8. The minimum absolute atomic E-state index is 0.451. The Bertz CT molecular complexity index is 188. The average Bonchev–Trinajstić information content (AvgIpc) is 2.43. The summed E-state index contributed by atoms with van der Waals surface area (Å²) in [6.45, 7) is 14.2. The van der Waals surface area contributed by atoms with Crippen molar-refractivity contribution in [3.8, 4) is 0 Å². The Hall–Kier alpha value is 0.0569. The topological polar surface area (TPSA) is 42.5 Å². The highest BCUT2D eigenvalue weighted by atomic mass is 28.4. The fraction of sp³-hybridized carbons (Fsp3) is 1.00. The summed E-state index contributed by atoms with van der Waals surface area (Å²) in [6.07, 6.45) is 4.37. The van der Waals surface area contributed by atoms with Crippen LogP contribution in [0.4, 0.5) is 0 Å². The molecule has 0 atom stereocenters. The van der Waals surface area contributed by atoms with Gasteiger partial charge < -0.3 is 8.85 Å². The zero-order chi connectivity index (χ0) is 14.7. The van der Waals surface area contributed by atoms with Gasteiger partial charge in [-0.05, 0) is 39.5 Å². The molecule has 19 heavy (non-hydrogen) atoms. The standard InChI is InChI=1S/C14H34N2O2Si/c1-7-13(8-2)15-19(17-11-5,18-12-6)16-14(9-3)10-4/h13-16H,7-12H2,1-6H3. The molecular formula is C14H34N2O2Si. The lowest BCUT2D eigenvalue weighted by atomic mass is 10.2. The molecule has 116 valence electrons. The van der Waals surface area contributed by atoms with Crippen molar-refractivity contribution in [1.29, 1.82) is 0 Å². The summed E-state index contributed by atoms with van der Waals surface area (Å²) in [5.74, 6) is 0. The van der Waals surface area contributed by atoms with E-state index in [1.807, 2.05) is 13.8 Å². The third-order valence-corrected chi connectivity index (χ3v) is 6.42. The summed E-state index contributed by atoms with van der Waals surface area (Å²) in [5.41, 5.74) is 0. The van der Waals surface area contributed by atoms with Crippen molar-refractivity contribution in [3.05, 3.63) is 0 Å². The molecule has 0 bridgehead atoms. The van der Waals surface area contributed by atoms with Gasteiger partial charge in [0.25, 0.3) is 0 Å². The summed E-state index contributed by atoms with van der Waals surface area (Å²) in [4.78, 5) is 7.30. The molecule has 0 rings (SSSR count). The van der Waals surface area contributed by atoms with Crippen LogP contribution in [-0.2, 0) is 8.85 Å². The Morgan fingerprint density at radius 2 is 1.00 bits per heavy atom. The molecule has 0 spiro atoms. The van der Waals surface area contributed by atoms with Gasteiger partial charge in [-0.1, -0.05) is 27.7 Å². The lowest BCUT2D eigenvalue weighted by Crippen LogP contribution is -2.71. The van der Waals surface area contributed by atoms with Gasteiger partial charge in [0.2, 0.25) is 0 Å². The van der Waals surface area contributed by atoms with E-state index in [0.717, 1.165) is 25.7 Å². The van der Waals surface area contributed by atoms with Crippen molar-refractivity contribution in [2.75, 3.05) is 13.2 Å². The second-order valence-corrected chi connectivity index (χ2v) is 7.19. The van der Waals surface area contributed by atoms with Crippen LogP contribution in [0.25, 0.3) is 0 Å². The van der Waals surface area contributed by atoms with E-state index in [1.165, 1.54) is 0 Å². The van der Waals surface area contributed by atoms with Crippen molar-refractivity contribution in [2.24, 2.45) is 0 Å². The van der Waals surface area contributed by atoms with Crippen LogP contribution in [0.1, 0.15) is 67.2 Å². The van der Waals surface area contributed by atoms with E-state index in [-0.39, 0.29) is 0 Å². The molecule has 0 aliphatic rings. The Morgan fingerprint density at radius 1 is 0.684 bits per heavy atom. The summed E-state index contributed by atoms with van der Waals surface area (Å²) in [7, 11) is -2.51. The molecule has 0 aromatic rings. The molecule has 0 aliphatic heterocycles. The molecule has 0 radical (unpaired) electrons. The van der Waals surface area contributed by atoms with Gasteiger partial charge in [-0.3, -0.25) is 9.96 Å². The predicted molar refractivity (Wildman–Crippen MR) is 84.0 cm³/mol. The fourth-order valence-electron chi connectivity index (χ4n) is 2.18. The lowest BCUT2D eigenvalue weighted by Gasteiger charge is -2.36. The van der Waals surface area contributed by atoms with E-state index in [2.05, 4.69) is 37.7 Å². The Morgan fingerprint density at radius 3 is 1.21 bits per heavy atom. The Kier molecular flexibility index (Phi) is 10.8. The van der Waals surface area contributed by atoms with Gasteiger partial charge in [0.15, 0.2) is 0 Å². The van der Waals surface area contributed by atoms with Crippen LogP contribution >= 0.6 is 0 Å². The quantitative estimate of drug-likeness (QED) is 0.542. The molecular weight excluding hydrogens is 256 g/mol. The van der Waals surface area contributed by atoms with Crippen LogP contribution in [0.5, 0.6) is 0 Å². The van der Waals surface area contributed by atoms with Crippen molar-refractivity contribution in [1.82, 2.24) is 9.96 Å². The van der Waals surface area contributed by atoms with Crippen LogP contribution in [-0.4, -0.2) is 34.2 Å². The molecule has 5 heteroatoms. The van der Waals surface area contributed by atoms with Gasteiger partial charge in [-0.15, -0.1) is 0 Å². The van der Waals surface area contributed by atoms with E-state index in [0.29, 0.717) is 25.3 Å². The zero-order valence-electron chi connectivity index (χ0n) is 13.7. The largest absolute Gasteiger partial charge is 0.517 e. The molecule has 0 aliphatic carbocycles. The maximum Gasteiger partial charge on any atom is 0.517 e. The molecule has 0 saturated carbocycles. The van der Waals surface area contributed by atoms with Gasteiger partial charge >= 0.3 is 8.88 Å². The number of hydrogen-bond acceptors (Lipinski definition) is 4. The highest BCUT2D eigenvalue weighted by Gasteiger charge is 2.42. The first-order valence-corrected chi connectivity index (χ1v) is 9.76. The van der Waals surface area contributed by atoms with E-state index in [4.69, 9.17) is 8.85 Å². The Balaban J connectivity index is 4.92. The minimum Gasteiger partial charge on any atom is -0.371 e. The monoisotopic (exact) mass is 290 g/mol. The van der Waals surface area contributed by atoms with Gasteiger partial charge in [0.05, 0.1) is 0 Å². The van der Waals surface area contributed by atoms with Gasteiger partial charge in [0.1, 0.15) is 0 Å². The molecule has 0 fully saturated rings. The first-order chi connectivity index (χ1) is 9.11. The number of nitrogens with one attached hydrogen (secondary N) is 2. The average molecular weight is 291 g/mol. The van der Waals surface area contributed by atoms with Gasteiger partial charge in [-0.2, -0.15) is 0 Å². The van der Waals surface area contributed by atoms with E-state index >= 15 is 0 Å². The molecule has 0 aromatic carbocycles. The highest BCUT2D eigenvalue weighted by Crippen LogP contribution is 2.10. The molecule has 2 N–H and O–H groups in total. The van der Waals surface area contributed by atoms with E-state index in [9.17, 15) is 0 Å². The van der Waals surface area contributed by atoms with Gasteiger partial charge in [0, 0.05) is 25.3 Å². The summed E-state index contributed by atoms with van der Waals surface area (Å²) in [6, 6.07) is 0.901. The summed E-state index contributed by atoms with van der Waals surface area (Å²) >= 11 is 0. The zero-order valence-corrected chi connectivity index (χ0v) is 14.7. The lowest BCUT2D eigenvalue weighted by molar-refractivity contribution is 0.148. The maximum absolute atomic E-state index is 6.03. The molecule has 0 saturated heterocycles. The molecule has 0 heterocycles. The summed E-state index contributed by atoms with van der Waals surface area (Å²) in [5, 5.41) is 0. The molecule has 0 aromatic heterocycles. The van der Waals surface area contributed by atoms with Crippen molar-refractivity contribution in [2.45, 2.75) is 79.3 Å². The third kappa shape index (κ3) is 6.86. The summed E-state index contributed by atoms with van der Waals surface area (Å²) < 4.78 is 12.1. The number of rotatable bonds is 12. The fourth-order valence-corrected chi connectivity index (χ4v) is 5.38. The van der Waals surface area contributed by atoms with Crippen LogP contribution in [0.15, 0.2) is 0 Å². The highest BCUT2D eigenvalue weighted by molar-refractivity contribution is 6.62. The van der Waals surface area contributed by atoms with Crippen LogP contribution in [0, 0.1) is 0 Å². The van der Waals surface area contributed by atoms with Gasteiger partial charge in [-0.25, -0.2) is 0 Å². The SMILES string of the molecule is CCO[Si](NC(CC)CC)(NC(CC)CC)OCC. The van der Waals surface area contributed by atoms with Crippen molar-refractivity contribution >= 4 is 8.88 Å². The van der Waals surface area contributed by atoms with Crippen molar-refractivity contribution in [3.63, 3.8) is 0 Å². The normalized spacial score (nSPS) is 12.6. The van der Waals surface area contributed by atoms with Crippen LogP contribution in [0.3, 0.4) is 0 Å². The predicted octanol–water partition coefficient (Wildman–Crippen LogP) is 3.05. The number of hydrogen-bond donors (Lipinski definition) is 2. The molecule has 4 nitrogen and oxygen atoms in total. The second-order valence-electron chi connectivity index (χ2n) is 4.80. The first kappa shape index (κ1) is 19.1. The van der Waals surface area contributed by atoms with Crippen molar-refractivity contribution < 1.29 is 8.85 Å². The van der Waals surface area contributed by atoms with Crippen LogP contribution in [0.2, 0.25) is 0 Å². The van der Waals surface area contributed by atoms with E-state index in [1.54, 1.807) is 0 Å². The van der Waals surface area contributed by atoms with Crippen LogP contribution < -0.4 is 9.96 Å². The Labute approximate surface area is 121 Å². The molecule has 0 amide bonds. The molecule has 0 unspecified atom stereocenters. The van der Waals surface area contributed by atoms with E-state index < -0.39 is 8.88 Å².